The molecule has 11 aromatic rings. The number of nitrogens with zero attached hydrogens (tertiary/aromatic N) is 1. The molecule has 0 radical (unpaired) electrons. The van der Waals surface area contributed by atoms with E-state index < -0.39 is 5.41 Å². The van der Waals surface area contributed by atoms with Gasteiger partial charge < -0.3 is 9.32 Å². The van der Waals surface area contributed by atoms with Gasteiger partial charge in [-0.1, -0.05) is 188 Å². The second kappa shape index (κ2) is 15.1. The lowest BCUT2D eigenvalue weighted by Gasteiger charge is -2.34. The molecule has 12 rings (SSSR count). The summed E-state index contributed by atoms with van der Waals surface area (Å²) in [6.07, 6.45) is 0. The molecular formula is C61H41NO. The summed E-state index contributed by atoms with van der Waals surface area (Å²) in [6, 6.07) is 90.2. The largest absolute Gasteiger partial charge is 0.456 e. The Bertz CT molecular complexity index is 3370. The fraction of sp³-hybridized carbons (Fsp3) is 0.0164. The van der Waals surface area contributed by atoms with Gasteiger partial charge in [0.15, 0.2) is 0 Å². The van der Waals surface area contributed by atoms with Crippen molar-refractivity contribution in [3.8, 4) is 44.5 Å². The van der Waals surface area contributed by atoms with E-state index in [1.54, 1.807) is 0 Å². The van der Waals surface area contributed by atoms with E-state index in [1.807, 2.05) is 12.1 Å². The van der Waals surface area contributed by atoms with Crippen molar-refractivity contribution in [3.05, 3.63) is 271 Å². The Morgan fingerprint density at radius 2 is 0.714 bits per heavy atom. The van der Waals surface area contributed by atoms with Crippen LogP contribution in [0.1, 0.15) is 22.3 Å². The van der Waals surface area contributed by atoms with E-state index in [0.717, 1.165) is 39.0 Å². The summed E-state index contributed by atoms with van der Waals surface area (Å²) < 4.78 is 6.08. The number of furan rings is 1. The van der Waals surface area contributed by atoms with E-state index in [4.69, 9.17) is 4.42 Å². The molecule has 0 unspecified atom stereocenters. The van der Waals surface area contributed by atoms with Crippen LogP contribution in [-0.4, -0.2) is 0 Å². The molecule has 296 valence electrons. The van der Waals surface area contributed by atoms with Gasteiger partial charge in [-0.05, 0) is 127 Å². The van der Waals surface area contributed by atoms with E-state index in [2.05, 4.69) is 241 Å². The summed E-state index contributed by atoms with van der Waals surface area (Å²) in [5, 5.41) is 2.29. The van der Waals surface area contributed by atoms with E-state index >= 15 is 0 Å². The third kappa shape index (κ3) is 6.10. The number of anilines is 3. The molecule has 0 atom stereocenters. The molecule has 10 aromatic carbocycles. The van der Waals surface area contributed by atoms with Crippen molar-refractivity contribution in [2.24, 2.45) is 0 Å². The Balaban J connectivity index is 0.870. The zero-order valence-corrected chi connectivity index (χ0v) is 34.5. The predicted molar refractivity (Wildman–Crippen MR) is 262 cm³/mol. The molecule has 1 aromatic heterocycles. The van der Waals surface area contributed by atoms with Crippen molar-refractivity contribution in [2.75, 3.05) is 4.90 Å². The average Bonchev–Trinajstić information content (AvgIpc) is 3.89. The van der Waals surface area contributed by atoms with Crippen LogP contribution in [0.15, 0.2) is 253 Å². The van der Waals surface area contributed by atoms with Crippen molar-refractivity contribution in [1.29, 1.82) is 0 Å². The monoisotopic (exact) mass is 803 g/mol. The van der Waals surface area contributed by atoms with Gasteiger partial charge in [-0.3, -0.25) is 0 Å². The average molecular weight is 804 g/mol. The molecule has 0 fully saturated rings. The maximum Gasteiger partial charge on any atom is 0.135 e. The number of benzene rings is 10. The van der Waals surface area contributed by atoms with E-state index in [1.165, 1.54) is 66.8 Å². The summed E-state index contributed by atoms with van der Waals surface area (Å²) in [5.74, 6) is 0. The van der Waals surface area contributed by atoms with Crippen LogP contribution in [0.25, 0.3) is 66.4 Å². The first kappa shape index (κ1) is 36.6. The topological polar surface area (TPSA) is 16.4 Å². The molecule has 1 aliphatic carbocycles. The highest BCUT2D eigenvalue weighted by atomic mass is 16.3. The van der Waals surface area contributed by atoms with Crippen LogP contribution in [0.2, 0.25) is 0 Å². The minimum Gasteiger partial charge on any atom is -0.456 e. The quantitative estimate of drug-likeness (QED) is 0.152. The first-order valence-corrected chi connectivity index (χ1v) is 21.7. The zero-order chi connectivity index (χ0) is 41.7. The van der Waals surface area contributed by atoms with Gasteiger partial charge in [0.25, 0.3) is 0 Å². The van der Waals surface area contributed by atoms with E-state index in [-0.39, 0.29) is 0 Å². The van der Waals surface area contributed by atoms with Gasteiger partial charge in [0.2, 0.25) is 0 Å². The van der Waals surface area contributed by atoms with Crippen LogP contribution >= 0.6 is 0 Å². The second-order valence-corrected chi connectivity index (χ2v) is 16.4. The molecule has 0 N–H and O–H groups in total. The summed E-state index contributed by atoms with van der Waals surface area (Å²) in [6.45, 7) is 0. The SMILES string of the molecule is c1ccc(N(c2ccc(-c3ccc(-c4ccc5oc6ccccc6c5c4)cc3)cc2)c2ccc(-c3ccc4c(c3)C(c3ccccc3)(c3ccccc3)c3ccccc3-4)cc2)cc1. The standard InChI is InChI=1S/C61H41NO/c1-4-14-48(15-5-1)61(49-16-6-2-7-17-49)57-22-12-10-20-53(57)54-38-32-47(41-58(54)61)45-30-36-52(37-31-45)62(50-18-8-3-9-19-50)51-34-28-43(29-35-51)42-24-26-44(27-25-42)46-33-39-60-56(40-46)55-21-11-13-23-59(55)63-60/h1-41H. The molecule has 0 aliphatic heterocycles. The third-order valence-electron chi connectivity index (χ3n) is 13.0. The van der Waals surface area contributed by atoms with Gasteiger partial charge in [-0.15, -0.1) is 0 Å². The smallest absolute Gasteiger partial charge is 0.135 e. The van der Waals surface area contributed by atoms with Crippen LogP contribution in [0, 0.1) is 0 Å². The van der Waals surface area contributed by atoms with Crippen molar-refractivity contribution < 1.29 is 4.42 Å². The fourth-order valence-corrected chi connectivity index (χ4v) is 10.0. The maximum atomic E-state index is 6.08. The Morgan fingerprint density at radius 1 is 0.286 bits per heavy atom. The number of para-hydroxylation sites is 2. The Labute approximate surface area is 367 Å². The van der Waals surface area contributed by atoms with E-state index in [9.17, 15) is 0 Å². The van der Waals surface area contributed by atoms with Gasteiger partial charge in [0.1, 0.15) is 11.2 Å². The number of hydrogen-bond donors (Lipinski definition) is 0. The summed E-state index contributed by atoms with van der Waals surface area (Å²) in [4.78, 5) is 2.33. The van der Waals surface area contributed by atoms with Crippen LogP contribution in [0.3, 0.4) is 0 Å². The molecule has 1 aliphatic rings. The first-order valence-electron chi connectivity index (χ1n) is 21.7. The van der Waals surface area contributed by atoms with Crippen molar-refractivity contribution >= 4 is 39.0 Å². The van der Waals surface area contributed by atoms with Gasteiger partial charge in [-0.25, -0.2) is 0 Å². The van der Waals surface area contributed by atoms with Crippen LogP contribution in [0.5, 0.6) is 0 Å². The van der Waals surface area contributed by atoms with Crippen molar-refractivity contribution in [3.63, 3.8) is 0 Å². The minimum atomic E-state index is -0.437. The Kier molecular flexibility index (Phi) is 8.76. The summed E-state index contributed by atoms with van der Waals surface area (Å²) in [7, 11) is 0. The van der Waals surface area contributed by atoms with Gasteiger partial charge in [0.05, 0.1) is 5.41 Å². The highest BCUT2D eigenvalue weighted by Crippen LogP contribution is 2.56. The number of hydrogen-bond acceptors (Lipinski definition) is 2. The van der Waals surface area contributed by atoms with Gasteiger partial charge in [0, 0.05) is 27.8 Å². The molecule has 63 heavy (non-hydrogen) atoms. The lowest BCUT2D eigenvalue weighted by molar-refractivity contribution is 0.669. The molecule has 0 saturated carbocycles. The minimum absolute atomic E-state index is 0.437. The maximum absolute atomic E-state index is 6.08. The van der Waals surface area contributed by atoms with Gasteiger partial charge >= 0.3 is 0 Å². The molecule has 0 bridgehead atoms. The predicted octanol–water partition coefficient (Wildman–Crippen LogP) is 16.4. The molecule has 2 nitrogen and oxygen atoms in total. The lowest BCUT2D eigenvalue weighted by atomic mass is 9.67. The molecule has 2 heteroatoms. The van der Waals surface area contributed by atoms with Gasteiger partial charge in [-0.2, -0.15) is 0 Å². The highest BCUT2D eigenvalue weighted by Gasteiger charge is 2.46. The normalized spacial score (nSPS) is 12.6. The highest BCUT2D eigenvalue weighted by molar-refractivity contribution is 6.06. The van der Waals surface area contributed by atoms with Crippen molar-refractivity contribution in [2.45, 2.75) is 5.41 Å². The van der Waals surface area contributed by atoms with Crippen LogP contribution in [-0.2, 0) is 5.41 Å². The van der Waals surface area contributed by atoms with E-state index in [0.29, 0.717) is 0 Å². The lowest BCUT2D eigenvalue weighted by Crippen LogP contribution is -2.28. The van der Waals surface area contributed by atoms with Crippen LogP contribution < -0.4 is 4.90 Å². The van der Waals surface area contributed by atoms with Crippen LogP contribution in [0.4, 0.5) is 17.1 Å². The fourth-order valence-electron chi connectivity index (χ4n) is 10.0. The van der Waals surface area contributed by atoms with Crippen molar-refractivity contribution in [1.82, 2.24) is 0 Å². The molecular weight excluding hydrogens is 763 g/mol. The third-order valence-corrected chi connectivity index (χ3v) is 13.0. The first-order chi connectivity index (χ1) is 31.2. The number of rotatable bonds is 8. The Morgan fingerprint density at radius 3 is 1.35 bits per heavy atom. The zero-order valence-electron chi connectivity index (χ0n) is 34.5. The summed E-state index contributed by atoms with van der Waals surface area (Å²) in [5.41, 5.74) is 19.5. The molecule has 1 heterocycles. The molecule has 0 saturated heterocycles. The number of fused-ring (bicyclic) bond motifs is 6. The second-order valence-electron chi connectivity index (χ2n) is 16.4. The molecule has 0 amide bonds. The summed E-state index contributed by atoms with van der Waals surface area (Å²) >= 11 is 0. The molecule has 0 spiro atoms. The Hall–Kier alpha value is -8.20.